The second-order valence-corrected chi connectivity index (χ2v) is 6.58. The van der Waals surface area contributed by atoms with Gasteiger partial charge in [-0.2, -0.15) is 19.0 Å². The van der Waals surface area contributed by atoms with Crippen LogP contribution in [-0.4, -0.2) is 36.9 Å². The van der Waals surface area contributed by atoms with Crippen LogP contribution in [0.2, 0.25) is 0 Å². The number of alkyl halides is 2. The van der Waals surface area contributed by atoms with Crippen molar-refractivity contribution in [1.82, 2.24) is 24.4 Å². The van der Waals surface area contributed by atoms with E-state index in [0.717, 1.165) is 29.5 Å². The van der Waals surface area contributed by atoms with Crippen LogP contribution in [0.15, 0.2) is 42.9 Å². The van der Waals surface area contributed by atoms with E-state index in [9.17, 15) is 18.0 Å². The highest BCUT2D eigenvalue weighted by Gasteiger charge is 2.20. The molecule has 8 nitrogen and oxygen atoms in total. The molecule has 1 amide bonds. The van der Waals surface area contributed by atoms with Gasteiger partial charge in [-0.05, 0) is 32.0 Å². The molecule has 31 heavy (non-hydrogen) atoms. The molecule has 11 heteroatoms. The van der Waals surface area contributed by atoms with Gasteiger partial charge in [0.1, 0.15) is 11.4 Å². The van der Waals surface area contributed by atoms with E-state index in [1.165, 1.54) is 16.9 Å². The lowest BCUT2D eigenvalue weighted by atomic mass is 10.2. The first kappa shape index (κ1) is 20.4. The normalized spacial score (nSPS) is 11.3. The van der Waals surface area contributed by atoms with Crippen molar-refractivity contribution in [3.8, 4) is 17.0 Å². The van der Waals surface area contributed by atoms with Gasteiger partial charge < -0.3 is 10.1 Å². The highest BCUT2D eigenvalue weighted by atomic mass is 19.3. The summed E-state index contributed by atoms with van der Waals surface area (Å²) < 4.78 is 46.3. The summed E-state index contributed by atoms with van der Waals surface area (Å²) in [4.78, 5) is 17.1. The molecule has 1 aromatic carbocycles. The molecule has 0 saturated carbocycles. The molecule has 3 heterocycles. The summed E-state index contributed by atoms with van der Waals surface area (Å²) in [5.74, 6) is -1.93. The van der Waals surface area contributed by atoms with Crippen molar-refractivity contribution in [2.75, 3.05) is 5.32 Å². The van der Waals surface area contributed by atoms with Crippen molar-refractivity contribution in [1.29, 1.82) is 0 Å². The SMILES string of the molecule is CCn1cc(-c2ccnc3c(C(=O)Nc4ccc(F)cc4OC(F)F)cnn23)c(C)n1. The van der Waals surface area contributed by atoms with Crippen LogP contribution in [0.25, 0.3) is 16.9 Å². The molecule has 3 aromatic heterocycles. The Kier molecular flexibility index (Phi) is 5.32. The van der Waals surface area contributed by atoms with Gasteiger partial charge in [0.2, 0.25) is 0 Å². The highest BCUT2D eigenvalue weighted by molar-refractivity contribution is 6.08. The van der Waals surface area contributed by atoms with Crippen molar-refractivity contribution >= 4 is 17.2 Å². The van der Waals surface area contributed by atoms with Crippen LogP contribution in [-0.2, 0) is 6.54 Å². The zero-order valence-electron chi connectivity index (χ0n) is 16.5. The van der Waals surface area contributed by atoms with Crippen LogP contribution in [0.1, 0.15) is 23.0 Å². The molecular weight excluding hydrogens is 413 g/mol. The van der Waals surface area contributed by atoms with Gasteiger partial charge in [0.15, 0.2) is 11.4 Å². The Balaban J connectivity index is 1.70. The Morgan fingerprint density at radius 1 is 1.29 bits per heavy atom. The average Bonchev–Trinajstić information content (AvgIpc) is 3.33. The number of fused-ring (bicyclic) bond motifs is 1. The van der Waals surface area contributed by atoms with Crippen LogP contribution in [0.5, 0.6) is 5.75 Å². The molecule has 0 unspecified atom stereocenters. The zero-order chi connectivity index (χ0) is 22.1. The first-order valence-electron chi connectivity index (χ1n) is 9.30. The molecule has 0 fully saturated rings. The molecule has 0 atom stereocenters. The van der Waals surface area contributed by atoms with Crippen molar-refractivity contribution in [3.63, 3.8) is 0 Å². The lowest BCUT2D eigenvalue weighted by Gasteiger charge is -2.11. The summed E-state index contributed by atoms with van der Waals surface area (Å²) in [7, 11) is 0. The maximum absolute atomic E-state index is 13.4. The fraction of sp³-hybridized carbons (Fsp3) is 0.200. The number of anilines is 1. The Labute approximate surface area is 174 Å². The minimum atomic E-state index is -3.18. The minimum Gasteiger partial charge on any atom is -0.432 e. The van der Waals surface area contributed by atoms with Gasteiger partial charge in [-0.15, -0.1) is 0 Å². The van der Waals surface area contributed by atoms with E-state index >= 15 is 0 Å². The molecule has 1 N–H and O–H groups in total. The average molecular weight is 430 g/mol. The van der Waals surface area contributed by atoms with Gasteiger partial charge in [-0.1, -0.05) is 0 Å². The fourth-order valence-corrected chi connectivity index (χ4v) is 3.17. The molecule has 0 radical (unpaired) electrons. The number of carbonyl (C=O) groups is 1. The second-order valence-electron chi connectivity index (χ2n) is 6.58. The fourth-order valence-electron chi connectivity index (χ4n) is 3.17. The van der Waals surface area contributed by atoms with Crippen LogP contribution < -0.4 is 10.1 Å². The molecule has 0 aliphatic carbocycles. The quantitative estimate of drug-likeness (QED) is 0.501. The highest BCUT2D eigenvalue weighted by Crippen LogP contribution is 2.28. The van der Waals surface area contributed by atoms with Crippen molar-refractivity contribution in [2.45, 2.75) is 27.0 Å². The summed E-state index contributed by atoms with van der Waals surface area (Å²) in [6.07, 6.45) is 4.73. The Hall–Kier alpha value is -3.89. The number of aromatic nitrogens is 5. The van der Waals surface area contributed by atoms with Gasteiger partial charge >= 0.3 is 6.61 Å². The monoisotopic (exact) mass is 430 g/mol. The predicted molar refractivity (Wildman–Crippen MR) is 106 cm³/mol. The Bertz CT molecular complexity index is 1270. The maximum Gasteiger partial charge on any atom is 0.387 e. The summed E-state index contributed by atoms with van der Waals surface area (Å²) in [6, 6.07) is 4.68. The first-order valence-corrected chi connectivity index (χ1v) is 9.30. The Morgan fingerprint density at radius 3 is 2.81 bits per heavy atom. The molecule has 160 valence electrons. The van der Waals surface area contributed by atoms with Crippen LogP contribution in [0, 0.1) is 12.7 Å². The van der Waals surface area contributed by atoms with E-state index in [2.05, 4.69) is 25.2 Å². The maximum atomic E-state index is 13.4. The zero-order valence-corrected chi connectivity index (χ0v) is 16.5. The number of rotatable bonds is 6. The van der Waals surface area contributed by atoms with Crippen LogP contribution in [0.3, 0.4) is 0 Å². The van der Waals surface area contributed by atoms with Gasteiger partial charge in [-0.3, -0.25) is 9.48 Å². The third-order valence-corrected chi connectivity index (χ3v) is 4.60. The third-order valence-electron chi connectivity index (χ3n) is 4.60. The Morgan fingerprint density at radius 2 is 2.10 bits per heavy atom. The van der Waals surface area contributed by atoms with Gasteiger partial charge in [-0.25, -0.2) is 13.9 Å². The summed E-state index contributed by atoms with van der Waals surface area (Å²) in [6.45, 7) is 1.36. The standard InChI is InChI=1S/C20H17F3N6O2/c1-3-28-10-14(11(2)27-28)16-6-7-24-18-13(9-25-29(16)18)19(30)26-15-5-4-12(21)8-17(15)31-20(22)23/h4-10,20H,3H2,1-2H3,(H,26,30). The van der Waals surface area contributed by atoms with Gasteiger partial charge in [0, 0.05) is 30.6 Å². The number of nitrogens with one attached hydrogen (secondary N) is 1. The number of aryl methyl sites for hydroxylation is 2. The molecule has 4 aromatic rings. The minimum absolute atomic E-state index is 0.106. The van der Waals surface area contributed by atoms with Crippen LogP contribution >= 0.6 is 0 Å². The van der Waals surface area contributed by atoms with E-state index in [1.54, 1.807) is 10.7 Å². The number of carbonyl (C=O) groups excluding carboxylic acids is 1. The molecule has 0 bridgehead atoms. The number of benzene rings is 1. The third kappa shape index (κ3) is 3.93. The summed E-state index contributed by atoms with van der Waals surface area (Å²) >= 11 is 0. The van der Waals surface area contributed by atoms with E-state index in [1.807, 2.05) is 20.0 Å². The van der Waals surface area contributed by atoms with Crippen molar-refractivity contribution in [3.05, 3.63) is 59.9 Å². The lowest BCUT2D eigenvalue weighted by molar-refractivity contribution is -0.0495. The van der Waals surface area contributed by atoms with Crippen LogP contribution in [0.4, 0.5) is 18.9 Å². The smallest absolute Gasteiger partial charge is 0.387 e. The molecule has 0 spiro atoms. The number of halogens is 3. The van der Waals surface area contributed by atoms with Gasteiger partial charge in [0.05, 0.1) is 23.3 Å². The number of amides is 1. The molecule has 0 saturated heterocycles. The number of nitrogens with zero attached hydrogens (tertiary/aromatic N) is 5. The van der Waals surface area contributed by atoms with E-state index in [4.69, 9.17) is 0 Å². The van der Waals surface area contributed by atoms with E-state index in [-0.39, 0.29) is 16.9 Å². The van der Waals surface area contributed by atoms with E-state index < -0.39 is 24.1 Å². The van der Waals surface area contributed by atoms with Crippen molar-refractivity contribution < 1.29 is 22.7 Å². The number of ether oxygens (including phenoxy) is 1. The van der Waals surface area contributed by atoms with Gasteiger partial charge in [0.25, 0.3) is 5.91 Å². The topological polar surface area (TPSA) is 86.3 Å². The summed E-state index contributed by atoms with van der Waals surface area (Å²) in [5, 5.41) is 11.1. The number of hydrogen-bond donors (Lipinski definition) is 1. The molecule has 0 aliphatic rings. The summed E-state index contributed by atoms with van der Waals surface area (Å²) in [5.41, 5.74) is 2.56. The lowest BCUT2D eigenvalue weighted by Crippen LogP contribution is -2.14. The van der Waals surface area contributed by atoms with E-state index in [0.29, 0.717) is 12.2 Å². The molecular formula is C20H17F3N6O2. The first-order chi connectivity index (χ1) is 14.9. The largest absolute Gasteiger partial charge is 0.432 e. The molecule has 4 rings (SSSR count). The number of hydrogen-bond acceptors (Lipinski definition) is 5. The van der Waals surface area contributed by atoms with Crippen molar-refractivity contribution in [2.24, 2.45) is 0 Å². The second kappa shape index (κ2) is 8.09. The predicted octanol–water partition coefficient (Wildman–Crippen LogP) is 3.91. The molecule has 0 aliphatic heterocycles.